The van der Waals surface area contributed by atoms with Gasteiger partial charge in [0.2, 0.25) is 0 Å². The zero-order valence-electron chi connectivity index (χ0n) is 17.2. The van der Waals surface area contributed by atoms with Gasteiger partial charge in [-0.1, -0.05) is 11.6 Å². The molecule has 0 spiro atoms. The number of hydrogen-bond acceptors (Lipinski definition) is 6. The fraction of sp³-hybridized carbons (Fsp3) is 0.381. The molecule has 1 aliphatic heterocycles. The first-order valence-electron chi connectivity index (χ1n) is 9.64. The Bertz CT molecular complexity index is 916. The quantitative estimate of drug-likeness (QED) is 0.780. The van der Waals surface area contributed by atoms with Gasteiger partial charge in [-0.2, -0.15) is 0 Å². The van der Waals surface area contributed by atoms with E-state index in [4.69, 9.17) is 21.1 Å². The van der Waals surface area contributed by atoms with Crippen LogP contribution in [0, 0.1) is 6.92 Å². The fourth-order valence-corrected chi connectivity index (χ4v) is 3.47. The first-order valence-corrected chi connectivity index (χ1v) is 10.0. The molecule has 1 aliphatic rings. The Kier molecular flexibility index (Phi) is 6.99. The average molecular weight is 433 g/mol. The van der Waals surface area contributed by atoms with Crippen LogP contribution in [0.5, 0.6) is 5.75 Å². The smallest absolute Gasteiger partial charge is 0.409 e. The van der Waals surface area contributed by atoms with Gasteiger partial charge < -0.3 is 24.6 Å². The maximum absolute atomic E-state index is 12.7. The molecular weight excluding hydrogens is 408 g/mol. The Hall–Kier alpha value is -3.00. The second kappa shape index (κ2) is 9.67. The number of rotatable bonds is 5. The summed E-state index contributed by atoms with van der Waals surface area (Å²) in [6, 6.07) is 7.10. The number of hydrogen-bond donors (Lipinski definition) is 1. The van der Waals surface area contributed by atoms with E-state index in [9.17, 15) is 9.59 Å². The molecule has 0 unspecified atom stereocenters. The summed E-state index contributed by atoms with van der Waals surface area (Å²) in [6.07, 6.45) is 2.24. The fourth-order valence-electron chi connectivity index (χ4n) is 3.24. The Morgan fingerprint density at radius 2 is 1.93 bits per heavy atom. The van der Waals surface area contributed by atoms with E-state index in [1.807, 2.05) is 13.0 Å². The highest BCUT2D eigenvalue weighted by molar-refractivity contribution is 6.30. The summed E-state index contributed by atoms with van der Waals surface area (Å²) in [5.74, 6) is 0.319. The molecule has 1 aromatic carbocycles. The molecule has 2 heterocycles. The molecule has 1 atom stereocenters. The van der Waals surface area contributed by atoms with Crippen LogP contribution in [0.15, 0.2) is 36.7 Å². The minimum absolute atomic E-state index is 0.285. The second-order valence-electron chi connectivity index (χ2n) is 7.00. The van der Waals surface area contributed by atoms with Crippen molar-refractivity contribution in [1.29, 1.82) is 0 Å². The average Bonchev–Trinajstić information content (AvgIpc) is 2.75. The van der Waals surface area contributed by atoms with Gasteiger partial charge in [0.15, 0.2) is 6.10 Å². The van der Waals surface area contributed by atoms with Crippen LogP contribution in [0.2, 0.25) is 5.02 Å². The molecular formula is C21H25ClN4O4. The molecule has 1 fully saturated rings. The highest BCUT2D eigenvalue weighted by atomic mass is 35.5. The van der Waals surface area contributed by atoms with Crippen molar-refractivity contribution in [2.75, 3.05) is 43.5 Å². The van der Waals surface area contributed by atoms with Crippen molar-refractivity contribution in [2.45, 2.75) is 20.0 Å². The molecule has 1 aromatic heterocycles. The van der Waals surface area contributed by atoms with Crippen LogP contribution in [0.3, 0.4) is 0 Å². The third kappa shape index (κ3) is 5.13. The summed E-state index contributed by atoms with van der Waals surface area (Å²) in [5.41, 5.74) is 2.29. The van der Waals surface area contributed by atoms with Gasteiger partial charge in [-0.25, -0.2) is 4.79 Å². The van der Waals surface area contributed by atoms with Crippen molar-refractivity contribution in [2.24, 2.45) is 0 Å². The van der Waals surface area contributed by atoms with E-state index < -0.39 is 6.10 Å². The van der Waals surface area contributed by atoms with Crippen LogP contribution in [-0.4, -0.2) is 61.3 Å². The number of methoxy groups -OCH3 is 1. The Labute approximate surface area is 180 Å². The van der Waals surface area contributed by atoms with Gasteiger partial charge in [-0.05, 0) is 43.7 Å². The molecule has 2 aromatic rings. The minimum atomic E-state index is -0.714. The summed E-state index contributed by atoms with van der Waals surface area (Å²) in [5, 5.41) is 3.52. The second-order valence-corrected chi connectivity index (χ2v) is 7.43. The number of carbonyl (C=O) groups is 2. The number of nitrogens with one attached hydrogen (secondary N) is 1. The molecule has 2 amide bonds. The summed E-state index contributed by atoms with van der Waals surface area (Å²) < 4.78 is 10.6. The third-order valence-corrected chi connectivity index (χ3v) is 5.15. The van der Waals surface area contributed by atoms with Crippen molar-refractivity contribution in [3.63, 3.8) is 0 Å². The molecule has 0 saturated carbocycles. The molecule has 0 aliphatic carbocycles. The lowest BCUT2D eigenvalue weighted by Gasteiger charge is -2.36. The number of piperazine rings is 1. The largest absolute Gasteiger partial charge is 0.481 e. The van der Waals surface area contributed by atoms with Crippen LogP contribution < -0.4 is 15.0 Å². The number of benzene rings is 1. The van der Waals surface area contributed by atoms with Gasteiger partial charge in [0.05, 0.1) is 24.7 Å². The summed E-state index contributed by atoms with van der Waals surface area (Å²) in [4.78, 5) is 32.3. The summed E-state index contributed by atoms with van der Waals surface area (Å²) >= 11 is 5.97. The van der Waals surface area contributed by atoms with Crippen molar-refractivity contribution >= 4 is 35.0 Å². The molecule has 30 heavy (non-hydrogen) atoms. The zero-order valence-corrected chi connectivity index (χ0v) is 18.0. The predicted molar refractivity (Wildman–Crippen MR) is 115 cm³/mol. The van der Waals surface area contributed by atoms with Crippen LogP contribution in [0.1, 0.15) is 12.5 Å². The lowest BCUT2D eigenvalue weighted by Crippen LogP contribution is -2.49. The van der Waals surface area contributed by atoms with E-state index in [2.05, 4.69) is 15.2 Å². The lowest BCUT2D eigenvalue weighted by molar-refractivity contribution is -0.122. The molecule has 160 valence electrons. The van der Waals surface area contributed by atoms with E-state index in [1.165, 1.54) is 7.11 Å². The number of pyridine rings is 1. The van der Waals surface area contributed by atoms with Gasteiger partial charge in [0, 0.05) is 37.4 Å². The van der Waals surface area contributed by atoms with E-state index in [0.29, 0.717) is 42.6 Å². The maximum Gasteiger partial charge on any atom is 0.409 e. The highest BCUT2D eigenvalue weighted by Gasteiger charge is 2.24. The van der Waals surface area contributed by atoms with Gasteiger partial charge in [-0.3, -0.25) is 9.78 Å². The van der Waals surface area contributed by atoms with Crippen LogP contribution >= 0.6 is 11.6 Å². The molecule has 3 rings (SSSR count). The lowest BCUT2D eigenvalue weighted by atomic mass is 10.2. The van der Waals surface area contributed by atoms with E-state index in [0.717, 1.165) is 11.3 Å². The van der Waals surface area contributed by atoms with E-state index >= 15 is 0 Å². The minimum Gasteiger partial charge on any atom is -0.481 e. The van der Waals surface area contributed by atoms with Crippen molar-refractivity contribution in [3.8, 4) is 5.75 Å². The van der Waals surface area contributed by atoms with Crippen LogP contribution in [0.4, 0.5) is 16.2 Å². The molecule has 0 bridgehead atoms. The van der Waals surface area contributed by atoms with Gasteiger partial charge >= 0.3 is 6.09 Å². The number of nitrogens with zero attached hydrogens (tertiary/aromatic N) is 3. The zero-order chi connectivity index (χ0) is 21.7. The van der Waals surface area contributed by atoms with Crippen molar-refractivity contribution < 1.29 is 19.1 Å². The number of aromatic nitrogens is 1. The first kappa shape index (κ1) is 21.7. The van der Waals surface area contributed by atoms with Gasteiger partial charge in [0.25, 0.3) is 5.91 Å². The Morgan fingerprint density at radius 1 is 1.20 bits per heavy atom. The van der Waals surface area contributed by atoms with Crippen LogP contribution in [-0.2, 0) is 9.53 Å². The topological polar surface area (TPSA) is 84.0 Å². The Morgan fingerprint density at radius 3 is 2.60 bits per heavy atom. The number of halogens is 1. The molecule has 1 saturated heterocycles. The predicted octanol–water partition coefficient (Wildman–Crippen LogP) is 3.34. The maximum atomic E-state index is 12.7. The van der Waals surface area contributed by atoms with E-state index in [1.54, 1.807) is 42.4 Å². The van der Waals surface area contributed by atoms with Crippen molar-refractivity contribution in [1.82, 2.24) is 9.88 Å². The SMILES string of the molecule is COC(=O)N1CCN(c2ccncc2NC(=O)[C@H](C)Oc2ccc(Cl)cc2C)CC1. The molecule has 1 N–H and O–H groups in total. The normalized spacial score (nSPS) is 14.8. The van der Waals surface area contributed by atoms with Crippen LogP contribution in [0.25, 0.3) is 0 Å². The number of anilines is 2. The summed E-state index contributed by atoms with van der Waals surface area (Å²) in [6.45, 7) is 5.89. The highest BCUT2D eigenvalue weighted by Crippen LogP contribution is 2.27. The molecule has 0 radical (unpaired) electrons. The number of carbonyl (C=O) groups excluding carboxylic acids is 2. The summed E-state index contributed by atoms with van der Waals surface area (Å²) in [7, 11) is 1.37. The Balaban J connectivity index is 1.65. The van der Waals surface area contributed by atoms with E-state index in [-0.39, 0.29) is 12.0 Å². The number of aryl methyl sites for hydroxylation is 1. The number of ether oxygens (including phenoxy) is 2. The third-order valence-electron chi connectivity index (χ3n) is 4.92. The first-order chi connectivity index (χ1) is 14.4. The van der Waals surface area contributed by atoms with Gasteiger partial charge in [0.1, 0.15) is 5.75 Å². The van der Waals surface area contributed by atoms with Crippen molar-refractivity contribution in [3.05, 3.63) is 47.2 Å². The monoisotopic (exact) mass is 432 g/mol. The number of amides is 2. The molecule has 9 heteroatoms. The van der Waals surface area contributed by atoms with Gasteiger partial charge in [-0.15, -0.1) is 0 Å². The molecule has 8 nitrogen and oxygen atoms in total. The standard InChI is InChI=1S/C21H25ClN4O4/c1-14-12-16(22)4-5-19(14)30-15(2)20(27)24-17-13-23-7-6-18(17)25-8-10-26(11-9-25)21(28)29-3/h4-7,12-13,15H,8-11H2,1-3H3,(H,24,27)/t15-/m0/s1.